The lowest BCUT2D eigenvalue weighted by Gasteiger charge is -2.30. The molecule has 0 saturated carbocycles. The van der Waals surface area contributed by atoms with E-state index in [1.807, 2.05) is 5.32 Å². The number of nitrogens with one attached hydrogen (secondary N) is 12. The molecule has 0 radical (unpaired) electrons. The number of hydrogen-bond acceptors (Lipinski definition) is 21. The molecule has 3 aromatic carbocycles. The maximum absolute atomic E-state index is 14.5. The molecule has 12 amide bonds. The molecular weight excluding hydrogens is 1200 g/mol. The van der Waals surface area contributed by atoms with Gasteiger partial charge in [0.25, 0.3) is 0 Å². The van der Waals surface area contributed by atoms with Gasteiger partial charge < -0.3 is 110 Å². The van der Waals surface area contributed by atoms with Crippen LogP contribution in [0.4, 0.5) is 0 Å². The number of hydrogen-bond donors (Lipinski definition) is 21. The number of rotatable bonds is 15. The van der Waals surface area contributed by atoms with Crippen LogP contribution in [0.3, 0.4) is 0 Å². The SMILES string of the molecule is CC[C@H](C)[C@@H]1NC(=O)[C@H](Cc2ccc(O)cc2)NC(=O)[C@H]([C@@H](C)O)NC(=O)[C@H](CO)NC(=O)[C@H](Cc2ccccc2)NC(=O)CNC(=O)[C@H](CO)NC(=O)[C@H](CO)NC(=O)[C@H](CO)NC(=O)[C@H]([C@@H](C)O)NC(=O)[C@H](Cc2ccc(O)cc2)NC(=O)[C@H](CO)NC1=O. The van der Waals surface area contributed by atoms with Gasteiger partial charge in [-0.05, 0) is 60.7 Å². The van der Waals surface area contributed by atoms with Gasteiger partial charge in [-0.1, -0.05) is 74.9 Å². The highest BCUT2D eigenvalue weighted by Crippen LogP contribution is 2.16. The number of aliphatic hydroxyl groups excluding tert-OH is 7. The summed E-state index contributed by atoms with van der Waals surface area (Å²) in [4.78, 5) is 166. The number of benzene rings is 3. The van der Waals surface area contributed by atoms with Crippen LogP contribution in [0.1, 0.15) is 50.8 Å². The molecule has 1 aliphatic rings. The third-order valence-corrected chi connectivity index (χ3v) is 14.4. The first kappa shape index (κ1) is 74.1. The zero-order chi connectivity index (χ0) is 67.6. The van der Waals surface area contributed by atoms with Crippen LogP contribution in [-0.2, 0) is 76.8 Å². The van der Waals surface area contributed by atoms with Gasteiger partial charge in [0.05, 0.1) is 51.8 Å². The molecule has 0 spiro atoms. The predicted molar refractivity (Wildman–Crippen MR) is 316 cm³/mol. The van der Waals surface area contributed by atoms with E-state index in [9.17, 15) is 103 Å². The van der Waals surface area contributed by atoms with Crippen molar-refractivity contribution in [3.8, 4) is 11.5 Å². The number of aliphatic hydroxyl groups is 7. The third-order valence-electron chi connectivity index (χ3n) is 14.4. The van der Waals surface area contributed by atoms with Gasteiger partial charge in [0.15, 0.2) is 0 Å². The van der Waals surface area contributed by atoms with Crippen LogP contribution >= 0.6 is 0 Å². The fourth-order valence-electron chi connectivity index (χ4n) is 8.87. The fourth-order valence-corrected chi connectivity index (χ4v) is 8.87. The van der Waals surface area contributed by atoms with E-state index < -0.39 is 201 Å². The van der Waals surface area contributed by atoms with Gasteiger partial charge in [-0.15, -0.1) is 0 Å². The molecule has 1 saturated heterocycles. The Bertz CT molecular complexity index is 3000. The van der Waals surface area contributed by atoms with Gasteiger partial charge in [0.2, 0.25) is 70.9 Å². The molecule has 33 heteroatoms. The molecule has 33 nitrogen and oxygen atoms in total. The Balaban J connectivity index is 1.79. The molecule has 1 fully saturated rings. The average molecular weight is 1280 g/mol. The second kappa shape index (κ2) is 36.3. The van der Waals surface area contributed by atoms with E-state index in [4.69, 9.17) is 0 Å². The van der Waals surface area contributed by atoms with E-state index in [1.54, 1.807) is 37.3 Å². The lowest BCUT2D eigenvalue weighted by molar-refractivity contribution is -0.138. The van der Waals surface area contributed by atoms with Crippen molar-refractivity contribution in [1.82, 2.24) is 63.8 Å². The van der Waals surface area contributed by atoms with Crippen LogP contribution in [0.2, 0.25) is 0 Å². The minimum absolute atomic E-state index is 0.169. The van der Waals surface area contributed by atoms with E-state index in [2.05, 4.69) is 58.5 Å². The molecule has 1 heterocycles. The van der Waals surface area contributed by atoms with Crippen molar-refractivity contribution in [3.63, 3.8) is 0 Å². The fraction of sp³-hybridized carbons (Fsp3) is 0.483. The van der Waals surface area contributed by atoms with E-state index >= 15 is 0 Å². The molecule has 14 atom stereocenters. The van der Waals surface area contributed by atoms with Gasteiger partial charge in [0.1, 0.15) is 78.0 Å². The van der Waals surface area contributed by atoms with Crippen LogP contribution in [-0.4, -0.2) is 235 Å². The zero-order valence-electron chi connectivity index (χ0n) is 50.1. The van der Waals surface area contributed by atoms with Crippen LogP contribution in [0.5, 0.6) is 11.5 Å². The standard InChI is InChI=1S/C58H80N12O21/c1-5-28(2)45-56(89)66-41(25-73)52(85)61-37(20-32-11-15-34(78)16-12-32)51(84)69-47(30(4)77)58(91)67-42(26-74)54(87)65-40(24-72)53(86)63-39(23-71)48(81)59-22-44(80)60-36(19-31-9-7-6-8-10-31)49(82)64-43(27-75)55(88)70-46(29(3)76)57(90)62-38(50(83)68-45)21-33-13-17-35(79)18-14-33/h6-18,28-30,36-43,45-47,71-79H,5,19-27H2,1-4H3,(H,59,81)(H,60,80)(H,61,85)(H,62,90)(H,63,86)(H,64,82)(H,65,87)(H,66,89)(H,67,91)(H,68,83)(H,69,84)(H,70,88)/t28-,29+,30+,36-,37-,38-,39-,40-,41-,42-,43-,45-,46-,47-/m0/s1. The van der Waals surface area contributed by atoms with E-state index in [0.717, 1.165) is 13.8 Å². The maximum Gasteiger partial charge on any atom is 0.245 e. The summed E-state index contributed by atoms with van der Waals surface area (Å²) in [5, 5.41) is 120. The number of amides is 12. The molecule has 0 unspecified atom stereocenters. The van der Waals surface area contributed by atoms with Crippen LogP contribution in [0.25, 0.3) is 0 Å². The quantitative estimate of drug-likeness (QED) is 0.0672. The maximum atomic E-state index is 14.5. The van der Waals surface area contributed by atoms with Crippen molar-refractivity contribution in [2.24, 2.45) is 5.92 Å². The summed E-state index contributed by atoms with van der Waals surface area (Å²) in [5.74, 6) is -15.7. The van der Waals surface area contributed by atoms with Gasteiger partial charge in [-0.3, -0.25) is 57.5 Å². The number of phenols is 2. The van der Waals surface area contributed by atoms with Crippen molar-refractivity contribution >= 4 is 70.9 Å². The molecule has 0 aromatic heterocycles. The number of phenolic OH excluding ortho intramolecular Hbond substituents is 2. The van der Waals surface area contributed by atoms with Gasteiger partial charge in [-0.25, -0.2) is 0 Å². The second-order valence-corrected chi connectivity index (χ2v) is 21.4. The van der Waals surface area contributed by atoms with Gasteiger partial charge in [-0.2, -0.15) is 0 Å². The predicted octanol–water partition coefficient (Wildman–Crippen LogP) is -8.64. The highest BCUT2D eigenvalue weighted by molar-refractivity contribution is 6.00. The van der Waals surface area contributed by atoms with Crippen LogP contribution in [0, 0.1) is 5.92 Å². The lowest BCUT2D eigenvalue weighted by Crippen LogP contribution is -2.64. The summed E-state index contributed by atoms with van der Waals surface area (Å²) >= 11 is 0. The number of carbonyl (C=O) groups is 12. The van der Waals surface area contributed by atoms with Crippen molar-refractivity contribution in [2.45, 2.75) is 132 Å². The first-order valence-electron chi connectivity index (χ1n) is 28.8. The normalized spacial score (nSPS) is 25.9. The van der Waals surface area contributed by atoms with E-state index in [-0.39, 0.29) is 36.3 Å². The minimum atomic E-state index is -2.01. The Morgan fingerprint density at radius 1 is 0.352 bits per heavy atom. The molecule has 0 aliphatic carbocycles. The van der Waals surface area contributed by atoms with Crippen molar-refractivity contribution in [2.75, 3.05) is 39.6 Å². The summed E-state index contributed by atoms with van der Waals surface area (Å²) in [6.07, 6.45) is -4.52. The second-order valence-electron chi connectivity index (χ2n) is 21.4. The largest absolute Gasteiger partial charge is 0.508 e. The van der Waals surface area contributed by atoms with Crippen molar-refractivity contribution in [3.05, 3.63) is 95.6 Å². The first-order chi connectivity index (χ1) is 43.2. The van der Waals surface area contributed by atoms with Crippen LogP contribution < -0.4 is 63.8 Å². The Morgan fingerprint density at radius 3 is 0.989 bits per heavy atom. The van der Waals surface area contributed by atoms with Gasteiger partial charge in [0, 0.05) is 19.3 Å². The average Bonchev–Trinajstić information content (AvgIpc) is 1.72. The van der Waals surface area contributed by atoms with Crippen molar-refractivity contribution in [1.29, 1.82) is 0 Å². The molecule has 0 bridgehead atoms. The van der Waals surface area contributed by atoms with E-state index in [0.29, 0.717) is 11.1 Å². The molecule has 3 aromatic rings. The van der Waals surface area contributed by atoms with Gasteiger partial charge >= 0.3 is 0 Å². The smallest absolute Gasteiger partial charge is 0.245 e. The molecule has 21 N–H and O–H groups in total. The summed E-state index contributed by atoms with van der Waals surface area (Å²) in [7, 11) is 0. The molecule has 4 rings (SSSR count). The highest BCUT2D eigenvalue weighted by Gasteiger charge is 2.39. The zero-order valence-corrected chi connectivity index (χ0v) is 50.1. The number of carbonyl (C=O) groups excluding carboxylic acids is 12. The summed E-state index contributed by atoms with van der Waals surface area (Å²) in [5.41, 5.74) is 1.03. The molecular formula is C58H80N12O21. The van der Waals surface area contributed by atoms with Crippen LogP contribution in [0.15, 0.2) is 78.9 Å². The summed E-state index contributed by atoms with van der Waals surface area (Å²) < 4.78 is 0. The Hall–Kier alpha value is -9.38. The topological polar surface area (TPSA) is 531 Å². The molecule has 498 valence electrons. The Labute approximate surface area is 521 Å². The third kappa shape index (κ3) is 22.9. The summed E-state index contributed by atoms with van der Waals surface area (Å²) in [6, 6.07) is -1.82. The summed E-state index contributed by atoms with van der Waals surface area (Å²) in [6.45, 7) is -1.54. The minimum Gasteiger partial charge on any atom is -0.508 e. The highest BCUT2D eigenvalue weighted by atomic mass is 16.3. The van der Waals surface area contributed by atoms with E-state index in [1.165, 1.54) is 55.5 Å². The lowest BCUT2D eigenvalue weighted by atomic mass is 9.96. The monoisotopic (exact) mass is 1280 g/mol. The number of aromatic hydroxyl groups is 2. The Kier molecular flexibility index (Phi) is 29.6. The molecule has 1 aliphatic heterocycles. The Morgan fingerprint density at radius 2 is 0.626 bits per heavy atom. The van der Waals surface area contributed by atoms with Crippen molar-refractivity contribution < 1.29 is 103 Å². The molecule has 91 heavy (non-hydrogen) atoms. The first-order valence-corrected chi connectivity index (χ1v) is 28.8.